The monoisotopic (exact) mass is 450 g/mol. The van der Waals surface area contributed by atoms with Gasteiger partial charge in [-0.25, -0.2) is 8.78 Å². The van der Waals surface area contributed by atoms with E-state index in [4.69, 9.17) is 4.74 Å². The molecule has 0 aromatic heterocycles. The Morgan fingerprint density at radius 1 is 0.939 bits per heavy atom. The first-order valence-corrected chi connectivity index (χ1v) is 11.1. The summed E-state index contributed by atoms with van der Waals surface area (Å²) in [5.41, 5.74) is 4.17. The van der Waals surface area contributed by atoms with Crippen LogP contribution in [-0.2, 0) is 13.2 Å². The van der Waals surface area contributed by atoms with Gasteiger partial charge < -0.3 is 9.64 Å². The molecule has 33 heavy (non-hydrogen) atoms. The molecule has 0 N–H and O–H groups in total. The predicted molar refractivity (Wildman–Crippen MR) is 124 cm³/mol. The number of benzene rings is 3. The minimum atomic E-state index is -0.831. The molecule has 6 heteroatoms. The number of piperazine rings is 1. The molecule has 4 rings (SSSR count). The number of halogens is 2. The predicted octanol–water partition coefficient (Wildman–Crippen LogP) is 5.12. The van der Waals surface area contributed by atoms with E-state index in [1.165, 1.54) is 11.6 Å². The summed E-state index contributed by atoms with van der Waals surface area (Å²) in [5.74, 6) is -0.818. The Morgan fingerprint density at radius 2 is 1.70 bits per heavy atom. The summed E-state index contributed by atoms with van der Waals surface area (Å²) in [6.45, 7) is 7.08. The van der Waals surface area contributed by atoms with Crippen molar-refractivity contribution < 1.29 is 18.3 Å². The zero-order valence-electron chi connectivity index (χ0n) is 19.0. The lowest BCUT2D eigenvalue weighted by molar-refractivity contribution is 0.0626. The number of amides is 1. The maximum atomic E-state index is 14.0. The van der Waals surface area contributed by atoms with Crippen LogP contribution < -0.4 is 4.74 Å². The highest BCUT2D eigenvalue weighted by molar-refractivity contribution is 5.94. The molecule has 1 saturated heterocycles. The average Bonchev–Trinajstić information content (AvgIpc) is 2.82. The van der Waals surface area contributed by atoms with Crippen molar-refractivity contribution >= 4 is 5.91 Å². The molecule has 1 amide bonds. The van der Waals surface area contributed by atoms with Gasteiger partial charge in [-0.15, -0.1) is 0 Å². The fourth-order valence-electron chi connectivity index (χ4n) is 4.12. The number of hydrogen-bond acceptors (Lipinski definition) is 3. The lowest BCUT2D eigenvalue weighted by Gasteiger charge is -2.35. The molecule has 3 aromatic carbocycles. The molecule has 1 aliphatic heterocycles. The van der Waals surface area contributed by atoms with Crippen LogP contribution in [0.15, 0.2) is 60.7 Å². The van der Waals surface area contributed by atoms with Crippen molar-refractivity contribution in [2.24, 2.45) is 0 Å². The number of rotatable bonds is 6. The molecule has 4 nitrogen and oxygen atoms in total. The van der Waals surface area contributed by atoms with Gasteiger partial charge in [0.15, 0.2) is 11.6 Å². The maximum absolute atomic E-state index is 14.0. The Morgan fingerprint density at radius 3 is 2.45 bits per heavy atom. The Hall–Kier alpha value is -3.25. The van der Waals surface area contributed by atoms with E-state index < -0.39 is 11.6 Å². The third-order valence-electron chi connectivity index (χ3n) is 5.98. The highest BCUT2D eigenvalue weighted by atomic mass is 19.2. The zero-order chi connectivity index (χ0) is 23.4. The van der Waals surface area contributed by atoms with Crippen molar-refractivity contribution in [3.63, 3.8) is 0 Å². The summed E-state index contributed by atoms with van der Waals surface area (Å²) in [6, 6.07) is 17.8. The van der Waals surface area contributed by atoms with Gasteiger partial charge in [0.2, 0.25) is 0 Å². The smallest absolute Gasteiger partial charge is 0.253 e. The SMILES string of the molecule is Cc1ccc(OCc2cccc(C(=O)N3CCN(Cc4cccc(F)c4F)CC3)c2)c(C)c1. The van der Waals surface area contributed by atoms with Gasteiger partial charge in [-0.1, -0.05) is 42.0 Å². The van der Waals surface area contributed by atoms with E-state index in [2.05, 4.69) is 6.07 Å². The second kappa shape index (κ2) is 10.1. The molecule has 0 atom stereocenters. The van der Waals surface area contributed by atoms with Crippen LogP contribution in [-0.4, -0.2) is 41.9 Å². The van der Waals surface area contributed by atoms with Crippen molar-refractivity contribution in [2.45, 2.75) is 27.0 Å². The number of aryl methyl sites for hydroxylation is 2. The molecule has 0 unspecified atom stereocenters. The highest BCUT2D eigenvalue weighted by Gasteiger charge is 2.23. The normalized spacial score (nSPS) is 14.4. The molecule has 0 aliphatic carbocycles. The molecule has 0 spiro atoms. The molecule has 0 saturated carbocycles. The maximum Gasteiger partial charge on any atom is 0.253 e. The van der Waals surface area contributed by atoms with Crippen LogP contribution in [0.3, 0.4) is 0 Å². The standard InChI is InChI=1S/C27H28F2N2O2/c1-19-9-10-25(20(2)15-19)33-18-21-5-3-6-22(16-21)27(32)31-13-11-30(12-14-31)17-23-7-4-8-24(28)26(23)29/h3-10,15-16H,11-14,17-18H2,1-2H3. The molecular formula is C27H28F2N2O2. The molecule has 0 bridgehead atoms. The Labute approximate surface area is 193 Å². The van der Waals surface area contributed by atoms with Crippen LogP contribution in [0.2, 0.25) is 0 Å². The van der Waals surface area contributed by atoms with Crippen molar-refractivity contribution in [3.8, 4) is 5.75 Å². The summed E-state index contributed by atoms with van der Waals surface area (Å²) in [7, 11) is 0. The second-order valence-corrected chi connectivity index (χ2v) is 8.54. The first-order valence-electron chi connectivity index (χ1n) is 11.1. The Kier molecular flexibility index (Phi) is 7.04. The van der Waals surface area contributed by atoms with Gasteiger partial charge in [-0.05, 0) is 49.2 Å². The fraction of sp³-hybridized carbons (Fsp3) is 0.296. The van der Waals surface area contributed by atoms with Gasteiger partial charge in [-0.2, -0.15) is 0 Å². The van der Waals surface area contributed by atoms with E-state index in [1.54, 1.807) is 6.07 Å². The molecule has 1 aliphatic rings. The highest BCUT2D eigenvalue weighted by Crippen LogP contribution is 2.21. The van der Waals surface area contributed by atoms with Crippen molar-refractivity contribution in [1.82, 2.24) is 9.80 Å². The molecule has 172 valence electrons. The van der Waals surface area contributed by atoms with Gasteiger partial charge in [0.05, 0.1) is 0 Å². The molecule has 0 radical (unpaired) electrons. The number of ether oxygens (including phenoxy) is 1. The summed E-state index contributed by atoms with van der Waals surface area (Å²) in [4.78, 5) is 16.9. The van der Waals surface area contributed by atoms with Gasteiger partial charge in [-0.3, -0.25) is 9.69 Å². The van der Waals surface area contributed by atoms with E-state index in [0.717, 1.165) is 22.9 Å². The third-order valence-corrected chi connectivity index (χ3v) is 5.98. The quantitative estimate of drug-likeness (QED) is 0.523. The molecule has 1 heterocycles. The largest absolute Gasteiger partial charge is 0.489 e. The summed E-state index contributed by atoms with van der Waals surface area (Å²) >= 11 is 0. The van der Waals surface area contributed by atoms with Crippen LogP contribution in [0.4, 0.5) is 8.78 Å². The Balaban J connectivity index is 1.33. The minimum absolute atomic E-state index is 0.0278. The van der Waals surface area contributed by atoms with Gasteiger partial charge in [0.1, 0.15) is 12.4 Å². The number of nitrogens with zero attached hydrogens (tertiary/aromatic N) is 2. The van der Waals surface area contributed by atoms with Crippen LogP contribution >= 0.6 is 0 Å². The van der Waals surface area contributed by atoms with Crippen LogP contribution in [0.5, 0.6) is 5.75 Å². The first-order chi connectivity index (χ1) is 15.9. The molecule has 1 fully saturated rings. The average molecular weight is 451 g/mol. The van der Waals surface area contributed by atoms with Gasteiger partial charge >= 0.3 is 0 Å². The van der Waals surface area contributed by atoms with Crippen molar-refractivity contribution in [1.29, 1.82) is 0 Å². The van der Waals surface area contributed by atoms with Gasteiger partial charge in [0.25, 0.3) is 5.91 Å². The topological polar surface area (TPSA) is 32.8 Å². The first kappa shape index (κ1) is 22.9. The van der Waals surface area contributed by atoms with Crippen molar-refractivity contribution in [2.75, 3.05) is 26.2 Å². The van der Waals surface area contributed by atoms with Gasteiger partial charge in [0, 0.05) is 43.9 Å². The van der Waals surface area contributed by atoms with Crippen LogP contribution in [0.25, 0.3) is 0 Å². The summed E-state index contributed by atoms with van der Waals surface area (Å²) in [5, 5.41) is 0. The van der Waals surface area contributed by atoms with Crippen LogP contribution in [0.1, 0.15) is 32.6 Å². The summed E-state index contributed by atoms with van der Waals surface area (Å²) in [6.07, 6.45) is 0. The van der Waals surface area contributed by atoms with Crippen LogP contribution in [0, 0.1) is 25.5 Å². The Bertz CT molecular complexity index is 1140. The van der Waals surface area contributed by atoms with E-state index in [0.29, 0.717) is 50.5 Å². The number of hydrogen-bond donors (Lipinski definition) is 0. The summed E-state index contributed by atoms with van der Waals surface area (Å²) < 4.78 is 33.4. The second-order valence-electron chi connectivity index (χ2n) is 8.54. The van der Waals surface area contributed by atoms with Crippen molar-refractivity contribution in [3.05, 3.63) is 100 Å². The van der Waals surface area contributed by atoms with E-state index >= 15 is 0 Å². The fourth-order valence-corrected chi connectivity index (χ4v) is 4.12. The minimum Gasteiger partial charge on any atom is -0.489 e. The number of carbonyl (C=O) groups is 1. The van der Waals surface area contributed by atoms with E-state index in [9.17, 15) is 13.6 Å². The number of carbonyl (C=O) groups excluding carboxylic acids is 1. The lowest BCUT2D eigenvalue weighted by atomic mass is 10.1. The third kappa shape index (κ3) is 5.57. The molecule has 3 aromatic rings. The zero-order valence-corrected chi connectivity index (χ0v) is 19.0. The van der Waals surface area contributed by atoms with E-state index in [1.807, 2.05) is 60.0 Å². The molecular weight excluding hydrogens is 422 g/mol. The lowest BCUT2D eigenvalue weighted by Crippen LogP contribution is -2.48. The van der Waals surface area contributed by atoms with E-state index in [-0.39, 0.29) is 5.91 Å².